The Labute approximate surface area is 48.3 Å². The Balaban J connectivity index is 2.44. The molecule has 1 fully saturated rings. The summed E-state index contributed by atoms with van der Waals surface area (Å²) < 4.78 is 0. The van der Waals surface area contributed by atoms with Crippen LogP contribution in [0.4, 0.5) is 0 Å². The number of aliphatic hydroxyl groups is 1. The summed E-state index contributed by atoms with van der Waals surface area (Å²) in [6.45, 7) is 0.567. The van der Waals surface area contributed by atoms with Gasteiger partial charge >= 0.3 is 0 Å². The molecule has 0 saturated carbocycles. The molecule has 1 aliphatic heterocycles. The Morgan fingerprint density at radius 3 is 2.62 bits per heavy atom. The van der Waals surface area contributed by atoms with E-state index < -0.39 is 6.23 Å². The van der Waals surface area contributed by atoms with E-state index >= 15 is 0 Å². The van der Waals surface area contributed by atoms with E-state index in [-0.39, 0.29) is 6.29 Å². The van der Waals surface area contributed by atoms with Gasteiger partial charge in [0.15, 0.2) is 0 Å². The number of hydrogen-bond acceptors (Lipinski definition) is 4. The molecule has 4 heteroatoms. The lowest BCUT2D eigenvalue weighted by atomic mass is 10.6. The number of aliphatic hydroxyl groups excluding tert-OH is 1. The van der Waals surface area contributed by atoms with Gasteiger partial charge in [-0.1, -0.05) is 0 Å². The number of nitrogens with one attached hydrogen (secondary N) is 1. The second-order valence-corrected chi connectivity index (χ2v) is 2.00. The van der Waals surface area contributed by atoms with Crippen LogP contribution in [0.5, 0.6) is 0 Å². The molecule has 0 aromatic carbocycles. The quantitative estimate of drug-likeness (QED) is 0.346. The fourth-order valence-electron chi connectivity index (χ4n) is 0.700. The van der Waals surface area contributed by atoms with Gasteiger partial charge in [-0.2, -0.15) is 0 Å². The monoisotopic (exact) mass is 117 g/mol. The van der Waals surface area contributed by atoms with E-state index in [2.05, 4.69) is 5.32 Å². The zero-order valence-electron chi connectivity index (χ0n) is 4.83. The third-order valence-corrected chi connectivity index (χ3v) is 1.42. The standard InChI is InChI=1S/C4H11N3O/c1-7-3(8)2-6-4(7)5/h3-4,6,8H,2,5H2,1H3. The van der Waals surface area contributed by atoms with Crippen LogP contribution in [0.3, 0.4) is 0 Å². The summed E-state index contributed by atoms with van der Waals surface area (Å²) in [7, 11) is 1.77. The molecule has 0 aliphatic carbocycles. The lowest BCUT2D eigenvalue weighted by molar-refractivity contribution is 0.0465. The van der Waals surface area contributed by atoms with Crippen LogP contribution >= 0.6 is 0 Å². The van der Waals surface area contributed by atoms with E-state index in [1.165, 1.54) is 0 Å². The first-order valence-corrected chi connectivity index (χ1v) is 2.61. The first-order chi connectivity index (χ1) is 3.72. The van der Waals surface area contributed by atoms with Crippen molar-refractivity contribution in [2.24, 2.45) is 5.73 Å². The molecule has 4 N–H and O–H groups in total. The summed E-state index contributed by atoms with van der Waals surface area (Å²) in [6.07, 6.45) is -0.588. The van der Waals surface area contributed by atoms with E-state index in [0.29, 0.717) is 6.54 Å². The number of β-amino-alcohol motifs (C(OH)–C–C–N with tert-alkyl or cyclic N) is 1. The minimum Gasteiger partial charge on any atom is -0.377 e. The maximum atomic E-state index is 8.95. The summed E-state index contributed by atoms with van der Waals surface area (Å²) in [4.78, 5) is 1.67. The van der Waals surface area contributed by atoms with Crippen molar-refractivity contribution in [3.05, 3.63) is 0 Å². The van der Waals surface area contributed by atoms with Crippen molar-refractivity contribution in [3.8, 4) is 0 Å². The van der Waals surface area contributed by atoms with Crippen LogP contribution in [-0.2, 0) is 0 Å². The maximum Gasteiger partial charge on any atom is 0.122 e. The van der Waals surface area contributed by atoms with E-state index in [1.54, 1.807) is 11.9 Å². The van der Waals surface area contributed by atoms with Crippen molar-refractivity contribution >= 4 is 0 Å². The van der Waals surface area contributed by atoms with Crippen LogP contribution in [0.25, 0.3) is 0 Å². The van der Waals surface area contributed by atoms with Crippen LogP contribution < -0.4 is 11.1 Å². The molecular weight excluding hydrogens is 106 g/mol. The van der Waals surface area contributed by atoms with Crippen LogP contribution in [0.1, 0.15) is 0 Å². The zero-order valence-corrected chi connectivity index (χ0v) is 4.83. The maximum absolute atomic E-state index is 8.95. The zero-order chi connectivity index (χ0) is 6.15. The van der Waals surface area contributed by atoms with Gasteiger partial charge < -0.3 is 10.8 Å². The predicted molar refractivity (Wildman–Crippen MR) is 29.7 cm³/mol. The number of rotatable bonds is 0. The summed E-state index contributed by atoms with van der Waals surface area (Å²) in [6, 6.07) is 0. The predicted octanol–water partition coefficient (Wildman–Crippen LogP) is -1.92. The van der Waals surface area contributed by atoms with Crippen molar-refractivity contribution in [2.45, 2.75) is 12.5 Å². The second-order valence-electron chi connectivity index (χ2n) is 2.00. The second kappa shape index (κ2) is 1.99. The molecule has 8 heavy (non-hydrogen) atoms. The molecule has 1 aliphatic rings. The molecule has 2 atom stereocenters. The highest BCUT2D eigenvalue weighted by Gasteiger charge is 2.24. The summed E-state index contributed by atoms with van der Waals surface area (Å²) >= 11 is 0. The SMILES string of the molecule is CN1C(O)CNC1N. The lowest BCUT2D eigenvalue weighted by Crippen LogP contribution is -2.42. The highest BCUT2D eigenvalue weighted by molar-refractivity contribution is 4.72. The minimum absolute atomic E-state index is 0.176. The molecule has 0 spiro atoms. The van der Waals surface area contributed by atoms with E-state index in [9.17, 15) is 0 Å². The number of nitrogens with zero attached hydrogens (tertiary/aromatic N) is 1. The molecule has 1 rings (SSSR count). The number of hydrogen-bond donors (Lipinski definition) is 3. The Hall–Kier alpha value is -0.160. The molecule has 1 heterocycles. The third kappa shape index (κ3) is 0.830. The van der Waals surface area contributed by atoms with E-state index in [1.807, 2.05) is 0 Å². The molecule has 1 saturated heterocycles. The molecule has 2 unspecified atom stereocenters. The highest BCUT2D eigenvalue weighted by atomic mass is 16.3. The van der Waals surface area contributed by atoms with Gasteiger partial charge in [0, 0.05) is 6.54 Å². The Bertz CT molecular complexity index is 77.4. The van der Waals surface area contributed by atoms with E-state index in [4.69, 9.17) is 10.8 Å². The topological polar surface area (TPSA) is 61.5 Å². The Morgan fingerprint density at radius 2 is 2.50 bits per heavy atom. The first-order valence-electron chi connectivity index (χ1n) is 2.61. The lowest BCUT2D eigenvalue weighted by Gasteiger charge is -2.16. The van der Waals surface area contributed by atoms with Gasteiger partial charge in [0.1, 0.15) is 12.5 Å². The molecule has 0 bridgehead atoms. The van der Waals surface area contributed by atoms with Crippen molar-refractivity contribution in [3.63, 3.8) is 0 Å². The van der Waals surface area contributed by atoms with Gasteiger partial charge in [-0.05, 0) is 7.05 Å². The molecular formula is C4H11N3O. The van der Waals surface area contributed by atoms with Crippen LogP contribution in [0, 0.1) is 0 Å². The van der Waals surface area contributed by atoms with Crippen molar-refractivity contribution in [2.75, 3.05) is 13.6 Å². The number of likely N-dealkylation sites (N-methyl/N-ethyl adjacent to an activating group) is 1. The fraction of sp³-hybridized carbons (Fsp3) is 1.00. The molecule has 0 amide bonds. The summed E-state index contributed by atoms with van der Waals surface area (Å²) in [5, 5.41) is 11.8. The van der Waals surface area contributed by atoms with Gasteiger partial charge in [0.05, 0.1) is 0 Å². The van der Waals surface area contributed by atoms with Crippen molar-refractivity contribution in [1.82, 2.24) is 10.2 Å². The molecule has 4 nitrogen and oxygen atoms in total. The Kier molecular flexibility index (Phi) is 1.48. The molecule has 48 valence electrons. The van der Waals surface area contributed by atoms with Crippen molar-refractivity contribution in [1.29, 1.82) is 0 Å². The van der Waals surface area contributed by atoms with Gasteiger partial charge in [0.2, 0.25) is 0 Å². The fourth-order valence-corrected chi connectivity index (χ4v) is 0.700. The summed E-state index contributed by atoms with van der Waals surface area (Å²) in [5.41, 5.74) is 5.42. The van der Waals surface area contributed by atoms with Crippen LogP contribution in [-0.4, -0.2) is 36.1 Å². The molecule has 0 aromatic heterocycles. The smallest absolute Gasteiger partial charge is 0.122 e. The largest absolute Gasteiger partial charge is 0.377 e. The van der Waals surface area contributed by atoms with Crippen LogP contribution in [0.2, 0.25) is 0 Å². The minimum atomic E-state index is -0.412. The van der Waals surface area contributed by atoms with Crippen LogP contribution in [0.15, 0.2) is 0 Å². The van der Waals surface area contributed by atoms with Crippen molar-refractivity contribution < 1.29 is 5.11 Å². The Morgan fingerprint density at radius 1 is 1.88 bits per heavy atom. The van der Waals surface area contributed by atoms with Gasteiger partial charge in [-0.3, -0.25) is 10.2 Å². The van der Waals surface area contributed by atoms with Gasteiger partial charge in [0.25, 0.3) is 0 Å². The van der Waals surface area contributed by atoms with Gasteiger partial charge in [-0.25, -0.2) is 0 Å². The molecule has 0 aromatic rings. The molecule has 0 radical (unpaired) electrons. The number of nitrogens with two attached hydrogens (primary N) is 1. The third-order valence-electron chi connectivity index (χ3n) is 1.42. The first kappa shape index (κ1) is 5.97. The average molecular weight is 117 g/mol. The van der Waals surface area contributed by atoms with Gasteiger partial charge in [-0.15, -0.1) is 0 Å². The normalized spacial score (nSPS) is 40.9. The average Bonchev–Trinajstić information content (AvgIpc) is 1.98. The summed E-state index contributed by atoms with van der Waals surface area (Å²) in [5.74, 6) is 0. The highest BCUT2D eigenvalue weighted by Crippen LogP contribution is 1.98. The van der Waals surface area contributed by atoms with E-state index in [0.717, 1.165) is 0 Å².